The van der Waals surface area contributed by atoms with Gasteiger partial charge in [0, 0.05) is 24.8 Å². The van der Waals surface area contributed by atoms with Gasteiger partial charge in [0.05, 0.1) is 0 Å². The van der Waals surface area contributed by atoms with Gasteiger partial charge in [0.15, 0.2) is 0 Å². The zero-order valence-electron chi connectivity index (χ0n) is 7.71. The van der Waals surface area contributed by atoms with E-state index in [2.05, 4.69) is 10.2 Å². The van der Waals surface area contributed by atoms with Crippen LogP contribution >= 0.6 is 0 Å². The second-order valence-corrected chi connectivity index (χ2v) is 3.43. The maximum Gasteiger partial charge on any atom is 0.266 e. The number of nitrogens with one attached hydrogen (secondary N) is 2. The van der Waals surface area contributed by atoms with Gasteiger partial charge < -0.3 is 4.74 Å². The third kappa shape index (κ3) is 1.77. The summed E-state index contributed by atoms with van der Waals surface area (Å²) in [5.41, 5.74) is 0.125. The highest BCUT2D eigenvalue weighted by Crippen LogP contribution is 2.22. The molecular weight excluding hydrogens is 184 g/mol. The van der Waals surface area contributed by atoms with Crippen LogP contribution in [0, 0.1) is 0 Å². The molecule has 2 N–H and O–H groups in total. The normalized spacial score (nSPS) is 18.3. The van der Waals surface area contributed by atoms with Crippen molar-refractivity contribution in [3.05, 3.63) is 32.3 Å². The molecule has 0 bridgehead atoms. The van der Waals surface area contributed by atoms with E-state index in [1.54, 1.807) is 0 Å². The molecule has 1 aromatic rings. The lowest BCUT2D eigenvalue weighted by molar-refractivity contribution is 0.0850. The van der Waals surface area contributed by atoms with Crippen molar-refractivity contribution in [2.75, 3.05) is 13.2 Å². The molecule has 2 rings (SSSR count). The van der Waals surface area contributed by atoms with E-state index < -0.39 is 0 Å². The second kappa shape index (κ2) is 3.79. The lowest BCUT2D eigenvalue weighted by Gasteiger charge is -2.20. The van der Waals surface area contributed by atoms with E-state index in [-0.39, 0.29) is 17.0 Å². The van der Waals surface area contributed by atoms with Crippen LogP contribution in [-0.4, -0.2) is 23.4 Å². The van der Waals surface area contributed by atoms with Crippen LogP contribution in [0.1, 0.15) is 24.3 Å². The molecule has 0 saturated carbocycles. The predicted molar refractivity (Wildman–Crippen MR) is 50.5 cm³/mol. The van der Waals surface area contributed by atoms with Crippen molar-refractivity contribution in [2.24, 2.45) is 0 Å². The van der Waals surface area contributed by atoms with E-state index in [0.717, 1.165) is 12.8 Å². The smallest absolute Gasteiger partial charge is 0.266 e. The van der Waals surface area contributed by atoms with Gasteiger partial charge in [-0.25, -0.2) is 0 Å². The average Bonchev–Trinajstić information content (AvgIpc) is 2.23. The van der Waals surface area contributed by atoms with Crippen LogP contribution in [0.4, 0.5) is 0 Å². The summed E-state index contributed by atoms with van der Waals surface area (Å²) in [6, 6.07) is 1.38. The first kappa shape index (κ1) is 9.21. The monoisotopic (exact) mass is 196 g/mol. The molecule has 2 heterocycles. The van der Waals surface area contributed by atoms with Crippen LogP contribution in [0.3, 0.4) is 0 Å². The Kier molecular flexibility index (Phi) is 2.49. The number of H-pyrrole nitrogens is 2. The van der Waals surface area contributed by atoms with Crippen LogP contribution in [0.2, 0.25) is 0 Å². The molecule has 5 nitrogen and oxygen atoms in total. The van der Waals surface area contributed by atoms with E-state index in [1.807, 2.05) is 0 Å². The standard InChI is InChI=1S/C9H12N2O3/c12-8-5-7(9(13)11-10-8)6-1-3-14-4-2-6/h5-6H,1-4H2,(H,10,12)(H,11,13). The van der Waals surface area contributed by atoms with Gasteiger partial charge in [0.25, 0.3) is 11.1 Å². The Balaban J connectivity index is 2.34. The molecule has 5 heteroatoms. The van der Waals surface area contributed by atoms with E-state index in [1.165, 1.54) is 6.07 Å². The fourth-order valence-electron chi connectivity index (χ4n) is 1.75. The first-order chi connectivity index (χ1) is 6.77. The van der Waals surface area contributed by atoms with Crippen molar-refractivity contribution >= 4 is 0 Å². The lowest BCUT2D eigenvalue weighted by Crippen LogP contribution is -2.26. The Labute approximate surface area is 80.1 Å². The number of aromatic amines is 2. The van der Waals surface area contributed by atoms with Gasteiger partial charge in [-0.1, -0.05) is 0 Å². The minimum Gasteiger partial charge on any atom is -0.381 e. The Morgan fingerprint density at radius 1 is 1.21 bits per heavy atom. The molecule has 1 aliphatic rings. The zero-order valence-corrected chi connectivity index (χ0v) is 7.71. The summed E-state index contributed by atoms with van der Waals surface area (Å²) in [7, 11) is 0. The summed E-state index contributed by atoms with van der Waals surface area (Å²) in [5.74, 6) is 0.162. The molecule has 1 aliphatic heterocycles. The molecule has 0 atom stereocenters. The van der Waals surface area contributed by atoms with Gasteiger partial charge in [-0.15, -0.1) is 0 Å². The molecule has 0 spiro atoms. The quantitative estimate of drug-likeness (QED) is 0.661. The van der Waals surface area contributed by atoms with Crippen molar-refractivity contribution in [1.82, 2.24) is 10.2 Å². The van der Waals surface area contributed by atoms with E-state index >= 15 is 0 Å². The first-order valence-electron chi connectivity index (χ1n) is 4.67. The van der Waals surface area contributed by atoms with Crippen LogP contribution in [0.15, 0.2) is 15.7 Å². The SMILES string of the molecule is O=c1cc(C2CCOCC2)c(=O)[nH][nH]1. The van der Waals surface area contributed by atoms with Gasteiger partial charge in [-0.2, -0.15) is 0 Å². The maximum absolute atomic E-state index is 11.4. The zero-order chi connectivity index (χ0) is 9.97. The highest BCUT2D eigenvalue weighted by molar-refractivity contribution is 5.13. The van der Waals surface area contributed by atoms with Gasteiger partial charge >= 0.3 is 0 Å². The minimum atomic E-state index is -0.258. The fourth-order valence-corrected chi connectivity index (χ4v) is 1.75. The van der Waals surface area contributed by atoms with Crippen molar-refractivity contribution < 1.29 is 4.74 Å². The molecule has 0 aliphatic carbocycles. The van der Waals surface area contributed by atoms with Crippen molar-refractivity contribution in [3.63, 3.8) is 0 Å². The summed E-state index contributed by atoms with van der Waals surface area (Å²) >= 11 is 0. The van der Waals surface area contributed by atoms with E-state index in [4.69, 9.17) is 4.74 Å². The third-order valence-corrected chi connectivity index (χ3v) is 2.51. The molecule has 76 valence electrons. The molecule has 0 radical (unpaired) electrons. The van der Waals surface area contributed by atoms with E-state index in [0.29, 0.717) is 18.8 Å². The summed E-state index contributed by atoms with van der Waals surface area (Å²) in [5, 5.41) is 4.59. The number of hydrogen-bond acceptors (Lipinski definition) is 3. The topological polar surface area (TPSA) is 75.0 Å². The second-order valence-electron chi connectivity index (χ2n) is 3.43. The van der Waals surface area contributed by atoms with Gasteiger partial charge in [0.2, 0.25) is 0 Å². The van der Waals surface area contributed by atoms with Crippen molar-refractivity contribution in [3.8, 4) is 0 Å². The maximum atomic E-state index is 11.4. The van der Waals surface area contributed by atoms with Gasteiger partial charge in [0.1, 0.15) is 0 Å². The number of rotatable bonds is 1. The Morgan fingerprint density at radius 2 is 1.93 bits per heavy atom. The Bertz CT molecular complexity index is 415. The Morgan fingerprint density at radius 3 is 2.64 bits per heavy atom. The van der Waals surface area contributed by atoms with Crippen molar-refractivity contribution in [2.45, 2.75) is 18.8 Å². The molecule has 0 aromatic carbocycles. The summed E-state index contributed by atoms with van der Waals surface area (Å²) in [6.45, 7) is 1.33. The molecule has 0 amide bonds. The molecule has 1 fully saturated rings. The highest BCUT2D eigenvalue weighted by Gasteiger charge is 2.18. The number of aromatic nitrogens is 2. The molecule has 1 aromatic heterocycles. The fraction of sp³-hybridized carbons (Fsp3) is 0.556. The summed E-state index contributed by atoms with van der Waals surface area (Å²) in [6.07, 6.45) is 1.62. The summed E-state index contributed by atoms with van der Waals surface area (Å²) in [4.78, 5) is 22.4. The molecule has 14 heavy (non-hydrogen) atoms. The van der Waals surface area contributed by atoms with E-state index in [9.17, 15) is 9.59 Å². The minimum absolute atomic E-state index is 0.162. The Hall–Kier alpha value is -1.36. The number of hydrogen-bond donors (Lipinski definition) is 2. The highest BCUT2D eigenvalue weighted by atomic mass is 16.5. The average molecular weight is 196 g/mol. The van der Waals surface area contributed by atoms with Crippen LogP contribution in [0.5, 0.6) is 0 Å². The summed E-state index contributed by atoms with van der Waals surface area (Å²) < 4.78 is 5.19. The molecular formula is C9H12N2O3. The van der Waals surface area contributed by atoms with Gasteiger partial charge in [-0.05, 0) is 18.8 Å². The van der Waals surface area contributed by atoms with Crippen LogP contribution in [0.25, 0.3) is 0 Å². The largest absolute Gasteiger partial charge is 0.381 e. The van der Waals surface area contributed by atoms with Crippen LogP contribution in [-0.2, 0) is 4.74 Å². The van der Waals surface area contributed by atoms with Gasteiger partial charge in [-0.3, -0.25) is 19.8 Å². The number of ether oxygens (including phenoxy) is 1. The predicted octanol–water partition coefficient (Wildman–Crippen LogP) is -0.0428. The molecule has 0 unspecified atom stereocenters. The molecule has 1 saturated heterocycles. The van der Waals surface area contributed by atoms with Crippen LogP contribution < -0.4 is 11.1 Å². The van der Waals surface area contributed by atoms with Crippen molar-refractivity contribution in [1.29, 1.82) is 0 Å². The third-order valence-electron chi connectivity index (χ3n) is 2.51. The first-order valence-corrected chi connectivity index (χ1v) is 4.67. The lowest BCUT2D eigenvalue weighted by atomic mass is 9.93.